The number of carbonyl (C=O) groups excluding carboxylic acids is 1. The second kappa shape index (κ2) is 6.51. The number of rotatable bonds is 3. The van der Waals surface area contributed by atoms with Crippen LogP contribution >= 0.6 is 0 Å². The first kappa shape index (κ1) is 16.1. The van der Waals surface area contributed by atoms with Crippen LogP contribution in [0.2, 0.25) is 0 Å². The van der Waals surface area contributed by atoms with Gasteiger partial charge in [-0.25, -0.2) is 4.39 Å². The van der Waals surface area contributed by atoms with E-state index in [-0.39, 0.29) is 23.8 Å². The average Bonchev–Trinajstić information content (AvgIpc) is 2.91. The molecule has 0 spiro atoms. The lowest BCUT2D eigenvalue weighted by molar-refractivity contribution is 0.0571. The Labute approximate surface area is 147 Å². The molecule has 130 valence electrons. The van der Waals surface area contributed by atoms with Gasteiger partial charge in [0.15, 0.2) is 0 Å². The van der Waals surface area contributed by atoms with E-state index in [0.29, 0.717) is 5.92 Å². The van der Waals surface area contributed by atoms with Crippen LogP contribution in [0.5, 0.6) is 5.75 Å². The number of methoxy groups -OCH3 is 1. The molecule has 0 unspecified atom stereocenters. The molecule has 0 radical (unpaired) electrons. The Morgan fingerprint density at radius 3 is 2.16 bits per heavy atom. The molecule has 4 heteroatoms. The molecule has 25 heavy (non-hydrogen) atoms. The largest absolute Gasteiger partial charge is 0.497 e. The molecule has 2 bridgehead atoms. The number of benzene rings is 2. The smallest absolute Gasteiger partial charge is 0.254 e. The van der Waals surface area contributed by atoms with Crippen LogP contribution < -0.4 is 4.74 Å². The number of amides is 1. The summed E-state index contributed by atoms with van der Waals surface area (Å²) in [7, 11) is 1.62. The number of ether oxygens (including phenoxy) is 1. The van der Waals surface area contributed by atoms with Gasteiger partial charge in [-0.1, -0.05) is 12.1 Å². The van der Waals surface area contributed by atoms with Gasteiger partial charge in [0.1, 0.15) is 11.6 Å². The highest BCUT2D eigenvalue weighted by atomic mass is 19.1. The molecule has 2 saturated heterocycles. The zero-order valence-corrected chi connectivity index (χ0v) is 14.3. The first-order chi connectivity index (χ1) is 12.2. The quantitative estimate of drug-likeness (QED) is 0.830. The SMILES string of the molecule is COc1ccc(C(=O)N2[C@@H]3CC[C@H]2C[C@@H](c2ccc(F)cc2)C3)cc1. The Kier molecular flexibility index (Phi) is 4.20. The Balaban J connectivity index is 1.51. The van der Waals surface area contributed by atoms with Crippen molar-refractivity contribution in [3.05, 3.63) is 65.5 Å². The highest BCUT2D eigenvalue weighted by Gasteiger charge is 2.43. The number of halogens is 1. The van der Waals surface area contributed by atoms with Crippen molar-refractivity contribution < 1.29 is 13.9 Å². The van der Waals surface area contributed by atoms with Gasteiger partial charge in [-0.15, -0.1) is 0 Å². The highest BCUT2D eigenvalue weighted by molar-refractivity contribution is 5.95. The molecule has 3 nitrogen and oxygen atoms in total. The number of hydrogen-bond donors (Lipinski definition) is 0. The summed E-state index contributed by atoms with van der Waals surface area (Å²) in [5.74, 6) is 1.10. The fourth-order valence-corrected chi connectivity index (χ4v) is 4.40. The molecular weight excluding hydrogens is 317 g/mol. The average molecular weight is 339 g/mol. The number of piperidine rings is 1. The van der Waals surface area contributed by atoms with Crippen molar-refractivity contribution >= 4 is 5.91 Å². The molecule has 2 fully saturated rings. The normalized spacial score (nSPS) is 25.0. The number of nitrogens with zero attached hydrogens (tertiary/aromatic N) is 1. The first-order valence-corrected chi connectivity index (χ1v) is 8.88. The molecular formula is C21H22FNO2. The van der Waals surface area contributed by atoms with Crippen LogP contribution in [-0.2, 0) is 0 Å². The maximum absolute atomic E-state index is 13.2. The summed E-state index contributed by atoms with van der Waals surface area (Å²) >= 11 is 0. The van der Waals surface area contributed by atoms with Gasteiger partial charge in [0, 0.05) is 17.6 Å². The van der Waals surface area contributed by atoms with Crippen molar-refractivity contribution in [1.82, 2.24) is 4.90 Å². The summed E-state index contributed by atoms with van der Waals surface area (Å²) < 4.78 is 18.3. The van der Waals surface area contributed by atoms with Gasteiger partial charge in [-0.05, 0) is 73.6 Å². The van der Waals surface area contributed by atoms with Crippen molar-refractivity contribution in [2.24, 2.45) is 0 Å². The molecule has 2 aromatic rings. The second-order valence-electron chi connectivity index (χ2n) is 7.05. The van der Waals surface area contributed by atoms with Crippen molar-refractivity contribution in [2.75, 3.05) is 7.11 Å². The predicted octanol–water partition coefficient (Wildman–Crippen LogP) is 4.39. The Morgan fingerprint density at radius 2 is 1.60 bits per heavy atom. The summed E-state index contributed by atoms with van der Waals surface area (Å²) in [5, 5.41) is 0. The fraction of sp³-hybridized carbons (Fsp3) is 0.381. The molecule has 0 aromatic heterocycles. The molecule has 2 heterocycles. The van der Waals surface area contributed by atoms with E-state index in [1.807, 2.05) is 36.4 Å². The summed E-state index contributed by atoms with van der Waals surface area (Å²) in [4.78, 5) is 15.1. The van der Waals surface area contributed by atoms with Crippen molar-refractivity contribution in [3.8, 4) is 5.75 Å². The number of fused-ring (bicyclic) bond motifs is 2. The maximum atomic E-state index is 13.2. The Hall–Kier alpha value is -2.36. The molecule has 3 atom stereocenters. The second-order valence-corrected chi connectivity index (χ2v) is 7.05. The van der Waals surface area contributed by atoms with Gasteiger partial charge in [0.05, 0.1) is 7.11 Å². The Bertz CT molecular complexity index is 742. The van der Waals surface area contributed by atoms with E-state index in [1.165, 1.54) is 17.7 Å². The molecule has 0 saturated carbocycles. The minimum Gasteiger partial charge on any atom is -0.497 e. The lowest BCUT2D eigenvalue weighted by atomic mass is 9.85. The van der Waals surface area contributed by atoms with E-state index in [1.54, 1.807) is 7.11 Å². The lowest BCUT2D eigenvalue weighted by Gasteiger charge is -2.39. The molecule has 4 rings (SSSR count). The molecule has 2 aliphatic heterocycles. The van der Waals surface area contributed by atoms with Crippen molar-refractivity contribution in [2.45, 2.75) is 43.7 Å². The summed E-state index contributed by atoms with van der Waals surface area (Å²) in [6, 6.07) is 14.8. The molecule has 0 N–H and O–H groups in total. The molecule has 1 amide bonds. The van der Waals surface area contributed by atoms with E-state index in [2.05, 4.69) is 4.90 Å². The van der Waals surface area contributed by atoms with Gasteiger partial charge in [0.2, 0.25) is 0 Å². The van der Waals surface area contributed by atoms with Crippen LogP contribution in [0.3, 0.4) is 0 Å². The molecule has 0 aliphatic carbocycles. The number of carbonyl (C=O) groups is 1. The third-order valence-corrected chi connectivity index (χ3v) is 5.65. The fourth-order valence-electron chi connectivity index (χ4n) is 4.40. The van der Waals surface area contributed by atoms with Gasteiger partial charge in [0.25, 0.3) is 5.91 Å². The number of hydrogen-bond acceptors (Lipinski definition) is 2. The molecule has 2 aliphatic rings. The minimum atomic E-state index is -0.196. The first-order valence-electron chi connectivity index (χ1n) is 8.88. The third-order valence-electron chi connectivity index (χ3n) is 5.65. The van der Waals surface area contributed by atoms with Gasteiger partial charge >= 0.3 is 0 Å². The van der Waals surface area contributed by atoms with Gasteiger partial charge in [-0.2, -0.15) is 0 Å². The van der Waals surface area contributed by atoms with E-state index in [0.717, 1.165) is 37.0 Å². The standard InChI is InChI=1S/C21H22FNO2/c1-25-20-10-4-15(5-11-20)21(24)23-18-8-9-19(23)13-16(12-18)14-2-6-17(22)7-3-14/h2-7,10-11,16,18-19H,8-9,12-13H2,1H3/t16-,18+,19-. The van der Waals surface area contributed by atoms with E-state index >= 15 is 0 Å². The van der Waals surface area contributed by atoms with Crippen LogP contribution in [0, 0.1) is 5.82 Å². The van der Waals surface area contributed by atoms with Crippen molar-refractivity contribution in [1.29, 1.82) is 0 Å². The zero-order valence-electron chi connectivity index (χ0n) is 14.3. The van der Waals surface area contributed by atoms with E-state index in [9.17, 15) is 9.18 Å². The van der Waals surface area contributed by atoms with Crippen LogP contribution in [0.25, 0.3) is 0 Å². The van der Waals surface area contributed by atoms with Gasteiger partial charge in [-0.3, -0.25) is 4.79 Å². The summed E-state index contributed by atoms with van der Waals surface area (Å²) in [6.45, 7) is 0. The minimum absolute atomic E-state index is 0.118. The Morgan fingerprint density at radius 1 is 1.00 bits per heavy atom. The maximum Gasteiger partial charge on any atom is 0.254 e. The van der Waals surface area contributed by atoms with Crippen LogP contribution in [0.15, 0.2) is 48.5 Å². The molecule has 2 aromatic carbocycles. The monoisotopic (exact) mass is 339 g/mol. The predicted molar refractivity (Wildman–Crippen MR) is 94.3 cm³/mol. The zero-order chi connectivity index (χ0) is 17.4. The van der Waals surface area contributed by atoms with Crippen LogP contribution in [0.4, 0.5) is 4.39 Å². The topological polar surface area (TPSA) is 29.5 Å². The van der Waals surface area contributed by atoms with Crippen LogP contribution in [0.1, 0.15) is 47.5 Å². The summed E-state index contributed by atoms with van der Waals surface area (Å²) in [6.07, 6.45) is 4.04. The van der Waals surface area contributed by atoms with Gasteiger partial charge < -0.3 is 9.64 Å². The summed E-state index contributed by atoms with van der Waals surface area (Å²) in [5.41, 5.74) is 1.91. The highest BCUT2D eigenvalue weighted by Crippen LogP contribution is 2.43. The third kappa shape index (κ3) is 3.01. The van der Waals surface area contributed by atoms with E-state index in [4.69, 9.17) is 4.74 Å². The van der Waals surface area contributed by atoms with Crippen LogP contribution in [-0.4, -0.2) is 30.0 Å². The van der Waals surface area contributed by atoms with Crippen molar-refractivity contribution in [3.63, 3.8) is 0 Å². The lowest BCUT2D eigenvalue weighted by Crippen LogP contribution is -2.46. The van der Waals surface area contributed by atoms with E-state index < -0.39 is 0 Å².